The van der Waals surface area contributed by atoms with Crippen molar-refractivity contribution in [3.63, 3.8) is 0 Å². The summed E-state index contributed by atoms with van der Waals surface area (Å²) in [5, 5.41) is 3.38. The monoisotopic (exact) mass is 165 g/mol. The first-order chi connectivity index (χ1) is 5.79. The summed E-state index contributed by atoms with van der Waals surface area (Å²) in [6, 6.07) is 2.04. The van der Waals surface area contributed by atoms with Crippen LogP contribution < -0.4 is 5.32 Å². The van der Waals surface area contributed by atoms with E-state index in [0.717, 1.165) is 13.1 Å². The Kier molecular flexibility index (Phi) is 1.93. The van der Waals surface area contributed by atoms with E-state index >= 15 is 0 Å². The Bertz CT molecular complexity index is 267. The molecule has 0 saturated carbocycles. The fraction of sp³-hybridized carbons (Fsp3) is 0.600. The van der Waals surface area contributed by atoms with Crippen molar-refractivity contribution in [1.82, 2.24) is 5.32 Å². The van der Waals surface area contributed by atoms with Crippen LogP contribution in [0, 0.1) is 12.8 Å². The van der Waals surface area contributed by atoms with Crippen LogP contribution in [0.4, 0.5) is 0 Å². The van der Waals surface area contributed by atoms with Gasteiger partial charge in [-0.15, -0.1) is 0 Å². The third kappa shape index (κ3) is 1.16. The smallest absolute Gasteiger partial charge is 0.111 e. The van der Waals surface area contributed by atoms with Crippen LogP contribution in [0.3, 0.4) is 0 Å². The summed E-state index contributed by atoms with van der Waals surface area (Å²) in [4.78, 5) is 0. The van der Waals surface area contributed by atoms with Gasteiger partial charge in [0.2, 0.25) is 0 Å². The van der Waals surface area contributed by atoms with Gasteiger partial charge in [0.15, 0.2) is 0 Å². The lowest BCUT2D eigenvalue weighted by molar-refractivity contribution is 0.429. The summed E-state index contributed by atoms with van der Waals surface area (Å²) in [5.74, 6) is 2.46. The molecule has 0 aromatic carbocycles. The third-order valence-corrected chi connectivity index (χ3v) is 2.76. The minimum Gasteiger partial charge on any atom is -0.469 e. The molecule has 1 aromatic heterocycles. The molecule has 1 fully saturated rings. The largest absolute Gasteiger partial charge is 0.469 e. The zero-order chi connectivity index (χ0) is 8.55. The highest BCUT2D eigenvalue weighted by Gasteiger charge is 2.27. The first-order valence-corrected chi connectivity index (χ1v) is 4.53. The molecule has 0 bridgehead atoms. The van der Waals surface area contributed by atoms with Crippen molar-refractivity contribution in [2.24, 2.45) is 5.92 Å². The van der Waals surface area contributed by atoms with Crippen molar-refractivity contribution in [3.8, 4) is 0 Å². The number of rotatable bonds is 1. The highest BCUT2D eigenvalue weighted by Crippen LogP contribution is 2.30. The summed E-state index contributed by atoms with van der Waals surface area (Å²) >= 11 is 0. The number of hydrogen-bond acceptors (Lipinski definition) is 2. The molecule has 1 saturated heterocycles. The van der Waals surface area contributed by atoms with Crippen LogP contribution in [0.5, 0.6) is 0 Å². The van der Waals surface area contributed by atoms with Crippen molar-refractivity contribution in [3.05, 3.63) is 23.7 Å². The maximum Gasteiger partial charge on any atom is 0.111 e. The van der Waals surface area contributed by atoms with Gasteiger partial charge in [0.05, 0.1) is 6.26 Å². The van der Waals surface area contributed by atoms with Crippen molar-refractivity contribution < 1.29 is 4.42 Å². The van der Waals surface area contributed by atoms with Crippen molar-refractivity contribution in [1.29, 1.82) is 0 Å². The van der Waals surface area contributed by atoms with E-state index in [0.29, 0.717) is 11.8 Å². The quantitative estimate of drug-likeness (QED) is 0.687. The van der Waals surface area contributed by atoms with Gasteiger partial charge in [-0.2, -0.15) is 0 Å². The van der Waals surface area contributed by atoms with Crippen molar-refractivity contribution in [2.75, 3.05) is 13.1 Å². The first kappa shape index (κ1) is 7.87. The zero-order valence-corrected chi connectivity index (χ0v) is 7.63. The molecular weight excluding hydrogens is 150 g/mol. The van der Waals surface area contributed by atoms with Gasteiger partial charge in [0, 0.05) is 12.5 Å². The lowest BCUT2D eigenvalue weighted by Gasteiger charge is -2.11. The van der Waals surface area contributed by atoms with Crippen LogP contribution in [-0.4, -0.2) is 13.1 Å². The highest BCUT2D eigenvalue weighted by atomic mass is 16.3. The van der Waals surface area contributed by atoms with Gasteiger partial charge >= 0.3 is 0 Å². The van der Waals surface area contributed by atoms with Crippen LogP contribution >= 0.6 is 0 Å². The Morgan fingerprint density at radius 1 is 1.50 bits per heavy atom. The molecule has 2 atom stereocenters. The van der Waals surface area contributed by atoms with Crippen LogP contribution in [-0.2, 0) is 0 Å². The molecule has 0 aliphatic carbocycles. The predicted molar refractivity (Wildman–Crippen MR) is 48.2 cm³/mol. The summed E-state index contributed by atoms with van der Waals surface area (Å²) < 4.78 is 5.48. The lowest BCUT2D eigenvalue weighted by atomic mass is 9.94. The SMILES string of the molecule is Cc1ccoc1C1CNCC1C. The van der Waals surface area contributed by atoms with Gasteiger partial charge in [0.1, 0.15) is 5.76 Å². The average molecular weight is 165 g/mol. The fourth-order valence-corrected chi connectivity index (χ4v) is 1.93. The number of aryl methyl sites for hydroxylation is 1. The lowest BCUT2D eigenvalue weighted by Crippen LogP contribution is -2.08. The second kappa shape index (κ2) is 2.94. The van der Waals surface area contributed by atoms with Crippen LogP contribution in [0.2, 0.25) is 0 Å². The zero-order valence-electron chi connectivity index (χ0n) is 7.63. The van der Waals surface area contributed by atoms with Gasteiger partial charge in [-0.1, -0.05) is 6.92 Å². The van der Waals surface area contributed by atoms with E-state index in [4.69, 9.17) is 4.42 Å². The molecular formula is C10H15NO. The van der Waals surface area contributed by atoms with Crippen molar-refractivity contribution >= 4 is 0 Å². The Labute approximate surface area is 73.0 Å². The molecule has 1 aliphatic rings. The maximum atomic E-state index is 5.48. The van der Waals surface area contributed by atoms with Crippen LogP contribution in [0.15, 0.2) is 16.7 Å². The molecule has 12 heavy (non-hydrogen) atoms. The second-order valence-electron chi connectivity index (χ2n) is 3.71. The number of hydrogen-bond donors (Lipinski definition) is 1. The standard InChI is InChI=1S/C10H15NO/c1-7-3-4-12-10(7)9-6-11-5-8(9)2/h3-4,8-9,11H,5-6H2,1-2H3. The highest BCUT2D eigenvalue weighted by molar-refractivity contribution is 5.21. The Hall–Kier alpha value is -0.760. The van der Waals surface area contributed by atoms with Crippen LogP contribution in [0.1, 0.15) is 24.2 Å². The summed E-state index contributed by atoms with van der Waals surface area (Å²) in [5.41, 5.74) is 1.29. The molecule has 66 valence electrons. The van der Waals surface area contributed by atoms with Crippen molar-refractivity contribution in [2.45, 2.75) is 19.8 Å². The molecule has 2 nitrogen and oxygen atoms in total. The first-order valence-electron chi connectivity index (χ1n) is 4.53. The van der Waals surface area contributed by atoms with E-state index in [1.54, 1.807) is 6.26 Å². The molecule has 2 heteroatoms. The van der Waals surface area contributed by atoms with E-state index in [9.17, 15) is 0 Å². The molecule has 1 aromatic rings. The van der Waals surface area contributed by atoms with Gasteiger partial charge in [-0.3, -0.25) is 0 Å². The Balaban J connectivity index is 2.24. The second-order valence-corrected chi connectivity index (χ2v) is 3.71. The van der Waals surface area contributed by atoms with E-state index in [1.807, 2.05) is 6.07 Å². The number of furan rings is 1. The van der Waals surface area contributed by atoms with E-state index in [-0.39, 0.29) is 0 Å². The molecule has 2 heterocycles. The van der Waals surface area contributed by atoms with E-state index in [1.165, 1.54) is 11.3 Å². The number of nitrogens with one attached hydrogen (secondary N) is 1. The van der Waals surface area contributed by atoms with Gasteiger partial charge in [-0.25, -0.2) is 0 Å². The molecule has 0 amide bonds. The molecule has 2 rings (SSSR count). The Morgan fingerprint density at radius 2 is 2.33 bits per heavy atom. The minimum absolute atomic E-state index is 0.583. The van der Waals surface area contributed by atoms with Gasteiger partial charge < -0.3 is 9.73 Å². The van der Waals surface area contributed by atoms with Crippen LogP contribution in [0.25, 0.3) is 0 Å². The molecule has 1 N–H and O–H groups in total. The fourth-order valence-electron chi connectivity index (χ4n) is 1.93. The minimum atomic E-state index is 0.583. The molecule has 1 aliphatic heterocycles. The van der Waals surface area contributed by atoms with E-state index in [2.05, 4.69) is 19.2 Å². The molecule has 0 radical (unpaired) electrons. The summed E-state index contributed by atoms with van der Waals surface area (Å²) in [6.45, 7) is 6.57. The maximum absolute atomic E-state index is 5.48. The predicted octanol–water partition coefficient (Wildman–Crippen LogP) is 1.91. The third-order valence-electron chi connectivity index (χ3n) is 2.76. The van der Waals surface area contributed by atoms with E-state index < -0.39 is 0 Å². The van der Waals surface area contributed by atoms with Gasteiger partial charge in [-0.05, 0) is 31.0 Å². The molecule has 0 spiro atoms. The average Bonchev–Trinajstić information content (AvgIpc) is 2.59. The normalized spacial score (nSPS) is 29.5. The Morgan fingerprint density at radius 3 is 2.83 bits per heavy atom. The topological polar surface area (TPSA) is 25.2 Å². The summed E-state index contributed by atoms with van der Waals surface area (Å²) in [6.07, 6.45) is 1.79. The molecule has 2 unspecified atom stereocenters. The van der Waals surface area contributed by atoms with Gasteiger partial charge in [0.25, 0.3) is 0 Å². The summed E-state index contributed by atoms with van der Waals surface area (Å²) in [7, 11) is 0.